The first kappa shape index (κ1) is 11.0. The van der Waals surface area contributed by atoms with Crippen molar-refractivity contribution in [3.63, 3.8) is 0 Å². The molecule has 16 heavy (non-hydrogen) atoms. The molecule has 2 aromatic rings. The van der Waals surface area contributed by atoms with Crippen LogP contribution in [0.1, 0.15) is 0 Å². The van der Waals surface area contributed by atoms with Crippen molar-refractivity contribution in [2.45, 2.75) is 0 Å². The fourth-order valence-electron chi connectivity index (χ4n) is 0.977. The molecule has 0 unspecified atom stereocenters. The van der Waals surface area contributed by atoms with Gasteiger partial charge in [0, 0.05) is 0 Å². The fraction of sp³-hybridized carbons (Fsp3) is 0. The van der Waals surface area contributed by atoms with Gasteiger partial charge in [-0.15, -0.1) is 10.2 Å². The highest BCUT2D eigenvalue weighted by molar-refractivity contribution is 6.31. The molecule has 0 N–H and O–H groups in total. The lowest BCUT2D eigenvalue weighted by molar-refractivity contribution is 0.423. The van der Waals surface area contributed by atoms with Crippen LogP contribution >= 0.6 is 23.2 Å². The second-order valence-corrected chi connectivity index (χ2v) is 3.41. The molecular formula is C9H4Cl2FN3O. The van der Waals surface area contributed by atoms with E-state index in [0.717, 1.165) is 0 Å². The minimum Gasteiger partial charge on any atom is -0.433 e. The summed E-state index contributed by atoms with van der Waals surface area (Å²) in [7, 11) is 0. The van der Waals surface area contributed by atoms with Crippen molar-refractivity contribution in [1.82, 2.24) is 15.2 Å². The molecule has 1 aromatic heterocycles. The second-order valence-electron chi connectivity index (χ2n) is 2.71. The molecule has 7 heteroatoms. The van der Waals surface area contributed by atoms with Crippen LogP contribution in [0.3, 0.4) is 0 Å². The zero-order chi connectivity index (χ0) is 11.5. The van der Waals surface area contributed by atoms with Gasteiger partial charge in [-0.1, -0.05) is 23.7 Å². The van der Waals surface area contributed by atoms with Gasteiger partial charge in [0.2, 0.25) is 10.4 Å². The number of para-hydroxylation sites is 1. The molecule has 0 aliphatic rings. The third-order valence-electron chi connectivity index (χ3n) is 1.63. The van der Waals surface area contributed by atoms with E-state index in [2.05, 4.69) is 15.2 Å². The third kappa shape index (κ3) is 2.37. The molecule has 0 fully saturated rings. The van der Waals surface area contributed by atoms with Crippen LogP contribution in [0.4, 0.5) is 4.39 Å². The summed E-state index contributed by atoms with van der Waals surface area (Å²) >= 11 is 11.2. The van der Waals surface area contributed by atoms with Gasteiger partial charge in [-0.05, 0) is 23.7 Å². The maximum atomic E-state index is 13.2. The van der Waals surface area contributed by atoms with Gasteiger partial charge >= 0.3 is 0 Å². The van der Waals surface area contributed by atoms with E-state index in [1.165, 1.54) is 18.2 Å². The minimum atomic E-state index is -0.534. The zero-order valence-electron chi connectivity index (χ0n) is 7.69. The smallest absolute Gasteiger partial charge is 0.262 e. The van der Waals surface area contributed by atoms with E-state index in [-0.39, 0.29) is 22.1 Å². The number of rotatable bonds is 2. The van der Waals surface area contributed by atoms with E-state index >= 15 is 0 Å². The molecule has 4 nitrogen and oxygen atoms in total. The third-order valence-corrected chi connectivity index (χ3v) is 2.03. The van der Waals surface area contributed by atoms with E-state index in [4.69, 9.17) is 27.9 Å². The summed E-state index contributed by atoms with van der Waals surface area (Å²) in [6.07, 6.45) is 0. The molecule has 82 valence electrons. The van der Waals surface area contributed by atoms with Crippen molar-refractivity contribution >= 4 is 23.2 Å². The molecule has 1 aromatic carbocycles. The van der Waals surface area contributed by atoms with Crippen LogP contribution in [-0.2, 0) is 0 Å². The lowest BCUT2D eigenvalue weighted by atomic mass is 10.3. The quantitative estimate of drug-likeness (QED) is 0.832. The van der Waals surface area contributed by atoms with Crippen molar-refractivity contribution in [3.8, 4) is 11.6 Å². The summed E-state index contributed by atoms with van der Waals surface area (Å²) in [5.41, 5.74) is 0. The molecule has 0 saturated heterocycles. The Hall–Kier alpha value is -1.46. The normalized spacial score (nSPS) is 10.2. The van der Waals surface area contributed by atoms with E-state index in [1.54, 1.807) is 6.07 Å². The summed E-state index contributed by atoms with van der Waals surface area (Å²) in [6, 6.07) is 5.83. The van der Waals surface area contributed by atoms with Crippen molar-refractivity contribution in [1.29, 1.82) is 0 Å². The Morgan fingerprint density at radius 3 is 2.62 bits per heavy atom. The lowest BCUT2D eigenvalue weighted by Crippen LogP contribution is -1.96. The highest BCUT2D eigenvalue weighted by Gasteiger charge is 2.10. The van der Waals surface area contributed by atoms with Gasteiger partial charge in [0.05, 0.1) is 0 Å². The number of nitrogens with zero attached hydrogens (tertiary/aromatic N) is 3. The molecule has 2 rings (SSSR count). The summed E-state index contributed by atoms with van der Waals surface area (Å²) in [6.45, 7) is 0. The summed E-state index contributed by atoms with van der Waals surface area (Å²) < 4.78 is 18.4. The van der Waals surface area contributed by atoms with Gasteiger partial charge in [0.25, 0.3) is 5.88 Å². The highest BCUT2D eigenvalue weighted by Crippen LogP contribution is 2.27. The van der Waals surface area contributed by atoms with Gasteiger partial charge in [-0.3, -0.25) is 0 Å². The topological polar surface area (TPSA) is 47.9 Å². The van der Waals surface area contributed by atoms with E-state index in [1.807, 2.05) is 0 Å². The fourth-order valence-corrected chi connectivity index (χ4v) is 1.21. The number of benzene rings is 1. The number of aromatic nitrogens is 3. The largest absolute Gasteiger partial charge is 0.433 e. The maximum Gasteiger partial charge on any atom is 0.262 e. The Labute approximate surface area is 100 Å². The Bertz CT molecular complexity index is 524. The molecule has 0 aliphatic carbocycles. The summed E-state index contributed by atoms with van der Waals surface area (Å²) in [5, 5.41) is 6.66. The first-order chi connectivity index (χ1) is 7.66. The SMILES string of the molecule is Fc1ccccc1Oc1nc(Cl)nnc1Cl. The molecule has 0 aliphatic heterocycles. The molecule has 0 saturated carbocycles. The van der Waals surface area contributed by atoms with E-state index in [0.29, 0.717) is 0 Å². The van der Waals surface area contributed by atoms with Gasteiger partial charge < -0.3 is 4.74 Å². The molecule has 0 spiro atoms. The molecular weight excluding hydrogens is 256 g/mol. The van der Waals surface area contributed by atoms with Crippen molar-refractivity contribution in [3.05, 3.63) is 40.5 Å². The molecule has 0 atom stereocenters. The van der Waals surface area contributed by atoms with Gasteiger partial charge in [-0.25, -0.2) is 4.39 Å². The number of ether oxygens (including phenoxy) is 1. The van der Waals surface area contributed by atoms with Gasteiger partial charge in [0.1, 0.15) is 0 Å². The summed E-state index contributed by atoms with van der Waals surface area (Å²) in [4.78, 5) is 3.68. The van der Waals surface area contributed by atoms with Crippen LogP contribution < -0.4 is 4.74 Å². The van der Waals surface area contributed by atoms with Gasteiger partial charge in [0.15, 0.2) is 11.6 Å². The highest BCUT2D eigenvalue weighted by atomic mass is 35.5. The number of halogens is 3. The Morgan fingerprint density at radius 2 is 1.88 bits per heavy atom. The van der Waals surface area contributed by atoms with E-state index < -0.39 is 5.82 Å². The predicted molar refractivity (Wildman–Crippen MR) is 56.3 cm³/mol. The van der Waals surface area contributed by atoms with Crippen LogP contribution in [0.15, 0.2) is 24.3 Å². The van der Waals surface area contributed by atoms with Crippen LogP contribution in [0.25, 0.3) is 0 Å². The van der Waals surface area contributed by atoms with Crippen molar-refractivity contribution in [2.75, 3.05) is 0 Å². The summed E-state index contributed by atoms with van der Waals surface area (Å²) in [5.74, 6) is -0.638. The average Bonchev–Trinajstić information content (AvgIpc) is 2.27. The van der Waals surface area contributed by atoms with Gasteiger partial charge in [-0.2, -0.15) is 4.98 Å². The van der Waals surface area contributed by atoms with Crippen LogP contribution in [0, 0.1) is 5.82 Å². The van der Waals surface area contributed by atoms with Crippen molar-refractivity contribution < 1.29 is 9.13 Å². The first-order valence-corrected chi connectivity index (χ1v) is 4.90. The molecule has 1 heterocycles. The monoisotopic (exact) mass is 259 g/mol. The molecule has 0 amide bonds. The Morgan fingerprint density at radius 1 is 1.12 bits per heavy atom. The van der Waals surface area contributed by atoms with Crippen molar-refractivity contribution in [2.24, 2.45) is 0 Å². The molecule has 0 radical (unpaired) electrons. The Kier molecular flexibility index (Phi) is 3.17. The average molecular weight is 260 g/mol. The molecule has 0 bridgehead atoms. The van der Waals surface area contributed by atoms with Crippen LogP contribution in [-0.4, -0.2) is 15.2 Å². The Balaban J connectivity index is 2.34. The van der Waals surface area contributed by atoms with E-state index in [9.17, 15) is 4.39 Å². The maximum absolute atomic E-state index is 13.2. The second kappa shape index (κ2) is 4.59. The van der Waals surface area contributed by atoms with Crippen LogP contribution in [0.5, 0.6) is 11.6 Å². The standard InChI is InChI=1S/C9H4Cl2FN3O/c10-7-8(13-9(11)15-14-7)16-6-4-2-1-3-5(6)12/h1-4H. The lowest BCUT2D eigenvalue weighted by Gasteiger charge is -2.05. The minimum absolute atomic E-state index is 0.0130. The predicted octanol–water partition coefficient (Wildman–Crippen LogP) is 3.11. The number of hydrogen-bond donors (Lipinski definition) is 0. The first-order valence-electron chi connectivity index (χ1n) is 4.15. The zero-order valence-corrected chi connectivity index (χ0v) is 9.21. The van der Waals surface area contributed by atoms with Crippen LogP contribution in [0.2, 0.25) is 10.4 Å². The number of hydrogen-bond acceptors (Lipinski definition) is 4.